The zero-order valence-electron chi connectivity index (χ0n) is 17.8. The number of hydrogen-bond acceptors (Lipinski definition) is 7. The summed E-state index contributed by atoms with van der Waals surface area (Å²) in [7, 11) is 1.62. The molecule has 2 aromatic rings. The van der Waals surface area contributed by atoms with E-state index in [1.165, 1.54) is 43.4 Å². The van der Waals surface area contributed by atoms with Crippen LogP contribution in [-0.4, -0.2) is 41.5 Å². The fraction of sp³-hybridized carbons (Fsp3) is 0.500. The number of carbonyl (C=O) groups excluding carboxylic acids is 2. The number of anilines is 1. The molecule has 1 aliphatic rings. The first-order chi connectivity index (χ1) is 15.0. The van der Waals surface area contributed by atoms with Crippen LogP contribution >= 0.6 is 23.1 Å². The van der Waals surface area contributed by atoms with Crippen molar-refractivity contribution in [3.05, 3.63) is 40.9 Å². The van der Waals surface area contributed by atoms with Gasteiger partial charge in [-0.1, -0.05) is 31.4 Å². The second-order valence-corrected chi connectivity index (χ2v) is 9.67. The topological polar surface area (TPSA) is 106 Å². The molecule has 3 rings (SSSR count). The number of thioether (sulfide) groups is 1. The number of ether oxygens (including phenoxy) is 1. The van der Waals surface area contributed by atoms with E-state index in [-0.39, 0.29) is 17.5 Å². The maximum Gasteiger partial charge on any atom is 0.271 e. The Morgan fingerprint density at radius 3 is 2.65 bits per heavy atom. The number of methoxy groups -OCH3 is 1. The van der Waals surface area contributed by atoms with Crippen molar-refractivity contribution in [3.63, 3.8) is 0 Å². The maximum atomic E-state index is 12.9. The first-order valence-electron chi connectivity index (χ1n) is 10.6. The van der Waals surface area contributed by atoms with Crippen LogP contribution in [0.3, 0.4) is 0 Å². The minimum Gasteiger partial charge on any atom is -0.497 e. The van der Waals surface area contributed by atoms with Gasteiger partial charge in [0.15, 0.2) is 5.13 Å². The van der Waals surface area contributed by atoms with E-state index in [1.807, 2.05) is 24.3 Å². The number of thiazole rings is 1. The van der Waals surface area contributed by atoms with Crippen molar-refractivity contribution in [1.29, 1.82) is 0 Å². The third-order valence-corrected chi connectivity index (χ3v) is 7.32. The monoisotopic (exact) mass is 462 g/mol. The minimum absolute atomic E-state index is 0.205. The number of rotatable bonds is 10. The number of carbonyl (C=O) groups is 2. The molecule has 1 aromatic carbocycles. The van der Waals surface area contributed by atoms with E-state index < -0.39 is 6.04 Å². The molecule has 1 aromatic heterocycles. The number of aromatic nitrogens is 1. The molecule has 168 valence electrons. The standard InChI is InChI=1S/C22H30N4O3S2/c1-29-17-9-7-15(8-10-17)11-24-20(27)18(13-30-12-16-5-3-2-4-6-16)25-21(28)19-14-31-22(23)26-19/h7-10,14,16,18H,2-6,11-13H2,1H3,(H2,23,26)(H,24,27)(H,25,28). The molecule has 0 saturated heterocycles. The highest BCUT2D eigenvalue weighted by molar-refractivity contribution is 7.99. The van der Waals surface area contributed by atoms with Crippen LogP contribution in [0, 0.1) is 5.92 Å². The van der Waals surface area contributed by atoms with Crippen LogP contribution in [0.25, 0.3) is 0 Å². The molecule has 7 nitrogen and oxygen atoms in total. The van der Waals surface area contributed by atoms with E-state index in [2.05, 4.69) is 15.6 Å². The summed E-state index contributed by atoms with van der Waals surface area (Å²) in [4.78, 5) is 29.5. The van der Waals surface area contributed by atoms with Crippen molar-refractivity contribution in [2.75, 3.05) is 24.3 Å². The number of nitrogen functional groups attached to an aromatic ring is 1. The normalized spacial score (nSPS) is 15.3. The highest BCUT2D eigenvalue weighted by atomic mass is 32.2. The van der Waals surface area contributed by atoms with Crippen LogP contribution in [0.4, 0.5) is 5.13 Å². The molecule has 0 aliphatic heterocycles. The number of nitrogens with zero attached hydrogens (tertiary/aromatic N) is 1. The van der Waals surface area contributed by atoms with Gasteiger partial charge >= 0.3 is 0 Å². The molecule has 0 spiro atoms. The third-order valence-electron chi connectivity index (χ3n) is 5.37. The van der Waals surface area contributed by atoms with Gasteiger partial charge in [-0.3, -0.25) is 9.59 Å². The zero-order valence-corrected chi connectivity index (χ0v) is 19.4. The fourth-order valence-electron chi connectivity index (χ4n) is 3.57. The van der Waals surface area contributed by atoms with Crippen LogP contribution < -0.4 is 21.1 Å². The molecular weight excluding hydrogens is 432 g/mol. The molecule has 1 unspecified atom stereocenters. The molecule has 4 N–H and O–H groups in total. The Morgan fingerprint density at radius 1 is 1.26 bits per heavy atom. The smallest absolute Gasteiger partial charge is 0.271 e. The summed E-state index contributed by atoms with van der Waals surface area (Å²) in [6.45, 7) is 0.381. The van der Waals surface area contributed by atoms with Gasteiger partial charge in [0.1, 0.15) is 17.5 Å². The number of benzene rings is 1. The SMILES string of the molecule is COc1ccc(CNC(=O)C(CSCC2CCCCC2)NC(=O)c2csc(N)n2)cc1. The summed E-state index contributed by atoms with van der Waals surface area (Å²) in [5, 5.41) is 7.71. The minimum atomic E-state index is -0.637. The predicted octanol–water partition coefficient (Wildman–Crippen LogP) is 3.46. The van der Waals surface area contributed by atoms with Crippen molar-refractivity contribution in [2.45, 2.75) is 44.7 Å². The van der Waals surface area contributed by atoms with Crippen LogP contribution in [0.1, 0.15) is 48.2 Å². The second-order valence-electron chi connectivity index (χ2n) is 7.70. The number of amides is 2. The molecule has 1 aliphatic carbocycles. The average Bonchev–Trinajstić information content (AvgIpc) is 3.24. The molecular formula is C22H30N4O3S2. The highest BCUT2D eigenvalue weighted by Crippen LogP contribution is 2.27. The molecule has 0 bridgehead atoms. The maximum absolute atomic E-state index is 12.9. The third kappa shape index (κ3) is 7.43. The number of nitrogens with two attached hydrogens (primary N) is 1. The lowest BCUT2D eigenvalue weighted by Gasteiger charge is -2.23. The number of hydrogen-bond donors (Lipinski definition) is 3. The van der Waals surface area contributed by atoms with E-state index in [4.69, 9.17) is 10.5 Å². The molecule has 1 atom stereocenters. The van der Waals surface area contributed by atoms with Crippen LogP contribution in [0.2, 0.25) is 0 Å². The van der Waals surface area contributed by atoms with E-state index in [1.54, 1.807) is 24.3 Å². The van der Waals surface area contributed by atoms with Crippen LogP contribution in [-0.2, 0) is 11.3 Å². The van der Waals surface area contributed by atoms with Crippen molar-refractivity contribution in [1.82, 2.24) is 15.6 Å². The van der Waals surface area contributed by atoms with E-state index in [9.17, 15) is 9.59 Å². The lowest BCUT2D eigenvalue weighted by atomic mass is 9.91. The first kappa shape index (κ1) is 23.4. The molecule has 9 heteroatoms. The van der Waals surface area contributed by atoms with Gasteiger partial charge in [0.2, 0.25) is 5.91 Å². The Bertz CT molecular complexity index is 851. The molecule has 1 saturated carbocycles. The predicted molar refractivity (Wildman–Crippen MR) is 127 cm³/mol. The van der Waals surface area contributed by atoms with E-state index in [0.717, 1.165) is 17.1 Å². The summed E-state index contributed by atoms with van der Waals surface area (Å²) in [6.07, 6.45) is 6.42. The quantitative estimate of drug-likeness (QED) is 0.499. The van der Waals surface area contributed by atoms with Crippen LogP contribution in [0.15, 0.2) is 29.6 Å². The Balaban J connectivity index is 1.56. The van der Waals surface area contributed by atoms with Gasteiger partial charge < -0.3 is 21.1 Å². The van der Waals surface area contributed by atoms with Gasteiger partial charge in [-0.05, 0) is 42.2 Å². The summed E-state index contributed by atoms with van der Waals surface area (Å²) >= 11 is 2.94. The van der Waals surface area contributed by atoms with Gasteiger partial charge in [-0.15, -0.1) is 11.3 Å². The Morgan fingerprint density at radius 2 is 2.00 bits per heavy atom. The highest BCUT2D eigenvalue weighted by Gasteiger charge is 2.23. The lowest BCUT2D eigenvalue weighted by molar-refractivity contribution is -0.122. The summed E-state index contributed by atoms with van der Waals surface area (Å²) in [6, 6.07) is 6.88. The fourth-order valence-corrected chi connectivity index (χ4v) is 5.39. The largest absolute Gasteiger partial charge is 0.497 e. The molecule has 2 amide bonds. The van der Waals surface area contributed by atoms with Gasteiger partial charge in [0.05, 0.1) is 7.11 Å². The molecule has 31 heavy (non-hydrogen) atoms. The van der Waals surface area contributed by atoms with Crippen molar-refractivity contribution in [2.24, 2.45) is 5.92 Å². The van der Waals surface area contributed by atoms with E-state index in [0.29, 0.717) is 23.3 Å². The molecule has 1 fully saturated rings. The zero-order chi connectivity index (χ0) is 22.1. The Labute approximate surface area is 191 Å². The summed E-state index contributed by atoms with van der Waals surface area (Å²) < 4.78 is 5.16. The molecule has 1 heterocycles. The van der Waals surface area contributed by atoms with Crippen molar-refractivity contribution < 1.29 is 14.3 Å². The Kier molecular flexibility index (Phi) is 9.02. The van der Waals surface area contributed by atoms with Gasteiger partial charge in [0, 0.05) is 17.7 Å². The van der Waals surface area contributed by atoms with Gasteiger partial charge in [-0.25, -0.2) is 4.98 Å². The summed E-state index contributed by atoms with van der Waals surface area (Å²) in [5.74, 6) is 2.43. The number of nitrogens with one attached hydrogen (secondary N) is 2. The summed E-state index contributed by atoms with van der Waals surface area (Å²) in [5.41, 5.74) is 6.84. The average molecular weight is 463 g/mol. The van der Waals surface area contributed by atoms with Gasteiger partial charge in [-0.2, -0.15) is 11.8 Å². The molecule has 0 radical (unpaired) electrons. The first-order valence-corrected chi connectivity index (χ1v) is 12.6. The lowest BCUT2D eigenvalue weighted by Crippen LogP contribution is -2.48. The van der Waals surface area contributed by atoms with Gasteiger partial charge in [0.25, 0.3) is 5.91 Å². The van der Waals surface area contributed by atoms with Crippen LogP contribution in [0.5, 0.6) is 5.75 Å². The second kappa shape index (κ2) is 12.0. The van der Waals surface area contributed by atoms with E-state index >= 15 is 0 Å². The van der Waals surface area contributed by atoms with Crippen molar-refractivity contribution >= 4 is 40.0 Å². The van der Waals surface area contributed by atoms with Crippen molar-refractivity contribution in [3.8, 4) is 5.75 Å². The Hall–Kier alpha value is -2.26.